The molecule has 0 amide bonds. The number of hydrogen-bond donors (Lipinski definition) is 2. The van der Waals surface area contributed by atoms with Crippen molar-refractivity contribution in [2.24, 2.45) is 0 Å². The van der Waals surface area contributed by atoms with E-state index in [1.54, 1.807) is 11.3 Å². The molecule has 0 aromatic carbocycles. The highest BCUT2D eigenvalue weighted by Crippen LogP contribution is 2.26. The van der Waals surface area contributed by atoms with Gasteiger partial charge in [0, 0.05) is 4.88 Å². The summed E-state index contributed by atoms with van der Waals surface area (Å²) >= 11 is 1.61. The van der Waals surface area contributed by atoms with E-state index in [0.717, 1.165) is 47.9 Å². The first kappa shape index (κ1) is 12.6. The molecule has 3 rings (SSSR count). The van der Waals surface area contributed by atoms with Crippen LogP contribution in [0.5, 0.6) is 0 Å². The second kappa shape index (κ2) is 4.61. The summed E-state index contributed by atoms with van der Waals surface area (Å²) in [6.07, 6.45) is 0. The number of thiophene rings is 1. The maximum absolute atomic E-state index is 12.2. The van der Waals surface area contributed by atoms with Gasteiger partial charge in [-0.05, 0) is 19.4 Å². The van der Waals surface area contributed by atoms with Crippen LogP contribution in [0.4, 0.5) is 5.95 Å². The number of aromatic amines is 1. The molecule has 1 saturated heterocycles. The molecule has 102 valence electrons. The molecule has 0 unspecified atom stereocenters. The van der Waals surface area contributed by atoms with Crippen LogP contribution in [0.3, 0.4) is 0 Å². The fourth-order valence-electron chi connectivity index (χ4n) is 2.49. The molecule has 0 saturated carbocycles. The quantitative estimate of drug-likeness (QED) is 0.769. The van der Waals surface area contributed by atoms with Gasteiger partial charge < -0.3 is 9.80 Å². The van der Waals surface area contributed by atoms with Crippen molar-refractivity contribution >= 4 is 27.5 Å². The fraction of sp³-hybridized carbons (Fsp3) is 0.538. The summed E-state index contributed by atoms with van der Waals surface area (Å²) in [6, 6.07) is 0. The van der Waals surface area contributed by atoms with Crippen LogP contribution in [-0.2, 0) is 0 Å². The second-order valence-corrected chi connectivity index (χ2v) is 6.50. The Labute approximate surface area is 115 Å². The largest absolute Gasteiger partial charge is 0.334 e. The Morgan fingerprint density at radius 3 is 2.68 bits per heavy atom. The van der Waals surface area contributed by atoms with Crippen LogP contribution in [0.2, 0.25) is 0 Å². The van der Waals surface area contributed by atoms with Gasteiger partial charge in [0.2, 0.25) is 5.95 Å². The third-order valence-electron chi connectivity index (χ3n) is 3.94. The normalized spacial score (nSPS) is 17.3. The highest BCUT2D eigenvalue weighted by molar-refractivity contribution is 7.18. The van der Waals surface area contributed by atoms with Crippen molar-refractivity contribution in [2.75, 3.05) is 38.1 Å². The number of aromatic nitrogens is 2. The van der Waals surface area contributed by atoms with Gasteiger partial charge in [-0.25, -0.2) is 4.98 Å². The minimum absolute atomic E-state index is 0.00637. The Kier molecular flexibility index (Phi) is 3.06. The van der Waals surface area contributed by atoms with E-state index in [1.165, 1.54) is 9.78 Å². The highest BCUT2D eigenvalue weighted by Gasteiger charge is 2.20. The number of hydrogen-bond acceptors (Lipinski definition) is 4. The zero-order chi connectivity index (χ0) is 13.6. The molecule has 1 aliphatic heterocycles. The van der Waals surface area contributed by atoms with Gasteiger partial charge in [-0.3, -0.25) is 9.78 Å². The molecule has 0 aliphatic carbocycles. The number of H-pyrrole nitrogens is 1. The summed E-state index contributed by atoms with van der Waals surface area (Å²) in [7, 11) is 2.20. The third-order valence-corrected chi connectivity index (χ3v) is 5.04. The number of aryl methyl sites for hydroxylation is 2. The molecule has 2 N–H and O–H groups in total. The Morgan fingerprint density at radius 1 is 1.32 bits per heavy atom. The predicted octanol–water partition coefficient (Wildman–Crippen LogP) is -0.0639. The highest BCUT2D eigenvalue weighted by atomic mass is 32.1. The average Bonchev–Trinajstić information content (AvgIpc) is 2.66. The summed E-state index contributed by atoms with van der Waals surface area (Å²) in [5.41, 5.74) is 1.05. The van der Waals surface area contributed by atoms with E-state index in [9.17, 15) is 4.79 Å². The lowest BCUT2D eigenvalue weighted by Gasteiger charge is -2.30. The van der Waals surface area contributed by atoms with Crippen molar-refractivity contribution in [3.05, 3.63) is 20.8 Å². The molecule has 1 fully saturated rings. The summed E-state index contributed by atoms with van der Waals surface area (Å²) in [6.45, 7) is 8.10. The van der Waals surface area contributed by atoms with E-state index in [2.05, 4.69) is 21.9 Å². The van der Waals surface area contributed by atoms with E-state index < -0.39 is 0 Å². The molecule has 0 bridgehead atoms. The van der Waals surface area contributed by atoms with Gasteiger partial charge in [0.1, 0.15) is 4.83 Å². The van der Waals surface area contributed by atoms with Gasteiger partial charge in [0.25, 0.3) is 5.56 Å². The van der Waals surface area contributed by atoms with Gasteiger partial charge in [-0.2, -0.15) is 0 Å². The fourth-order valence-corrected chi connectivity index (χ4v) is 3.52. The van der Waals surface area contributed by atoms with Crippen LogP contribution in [0, 0.1) is 13.8 Å². The smallest absolute Gasteiger partial charge is 0.261 e. The average molecular weight is 279 g/mol. The summed E-state index contributed by atoms with van der Waals surface area (Å²) < 4.78 is 0. The summed E-state index contributed by atoms with van der Waals surface area (Å²) in [5.74, 6) is 0.728. The molecule has 5 nitrogen and oxygen atoms in total. The zero-order valence-corrected chi connectivity index (χ0v) is 12.4. The van der Waals surface area contributed by atoms with Gasteiger partial charge in [0.15, 0.2) is 0 Å². The van der Waals surface area contributed by atoms with Crippen molar-refractivity contribution in [3.8, 4) is 0 Å². The van der Waals surface area contributed by atoms with Crippen molar-refractivity contribution in [3.63, 3.8) is 0 Å². The van der Waals surface area contributed by atoms with Crippen molar-refractivity contribution in [2.45, 2.75) is 13.8 Å². The van der Waals surface area contributed by atoms with E-state index in [-0.39, 0.29) is 5.56 Å². The number of quaternary nitrogens is 1. The predicted molar refractivity (Wildman–Crippen MR) is 78.5 cm³/mol. The van der Waals surface area contributed by atoms with E-state index in [4.69, 9.17) is 0 Å². The van der Waals surface area contributed by atoms with Gasteiger partial charge in [-0.15, -0.1) is 11.3 Å². The van der Waals surface area contributed by atoms with Crippen molar-refractivity contribution in [1.29, 1.82) is 0 Å². The molecule has 6 heteroatoms. The van der Waals surface area contributed by atoms with Crippen LogP contribution in [0.1, 0.15) is 10.4 Å². The lowest BCUT2D eigenvalue weighted by atomic mass is 10.2. The van der Waals surface area contributed by atoms with Crippen LogP contribution in [-0.4, -0.2) is 43.2 Å². The maximum Gasteiger partial charge on any atom is 0.261 e. The molecular weight excluding hydrogens is 260 g/mol. The second-order valence-electron chi connectivity index (χ2n) is 5.30. The molecule has 2 aromatic rings. The number of nitrogens with zero attached hydrogens (tertiary/aromatic N) is 2. The zero-order valence-electron chi connectivity index (χ0n) is 11.5. The molecular formula is C13H19N4OS+. The van der Waals surface area contributed by atoms with Crippen LogP contribution in [0.15, 0.2) is 4.79 Å². The molecule has 3 heterocycles. The maximum atomic E-state index is 12.2. The van der Waals surface area contributed by atoms with E-state index in [1.807, 2.05) is 13.8 Å². The molecule has 2 aromatic heterocycles. The Morgan fingerprint density at radius 2 is 2.00 bits per heavy atom. The number of fused-ring (bicyclic) bond motifs is 1. The van der Waals surface area contributed by atoms with Gasteiger partial charge >= 0.3 is 0 Å². The SMILES string of the molecule is Cc1sc2nc(N3CC[NH+](C)CC3)[nH]c(=O)c2c1C. The van der Waals surface area contributed by atoms with E-state index >= 15 is 0 Å². The Balaban J connectivity index is 2.04. The molecule has 0 spiro atoms. The molecule has 0 atom stereocenters. The molecule has 19 heavy (non-hydrogen) atoms. The lowest BCUT2D eigenvalue weighted by molar-refractivity contribution is -0.880. The Bertz CT molecular complexity index is 667. The summed E-state index contributed by atoms with van der Waals surface area (Å²) in [4.78, 5) is 25.6. The van der Waals surface area contributed by atoms with Crippen molar-refractivity contribution in [1.82, 2.24) is 9.97 Å². The number of rotatable bonds is 1. The van der Waals surface area contributed by atoms with Crippen molar-refractivity contribution < 1.29 is 4.90 Å². The van der Waals surface area contributed by atoms with Crippen LogP contribution < -0.4 is 15.4 Å². The lowest BCUT2D eigenvalue weighted by Crippen LogP contribution is -3.12. The summed E-state index contributed by atoms with van der Waals surface area (Å²) in [5, 5.41) is 0.756. The topological polar surface area (TPSA) is 53.4 Å². The number of anilines is 1. The van der Waals surface area contributed by atoms with E-state index in [0.29, 0.717) is 0 Å². The number of piperazine rings is 1. The third kappa shape index (κ3) is 2.15. The monoisotopic (exact) mass is 279 g/mol. The Hall–Kier alpha value is -1.40. The molecule has 0 radical (unpaired) electrons. The first-order chi connectivity index (χ1) is 9.06. The van der Waals surface area contributed by atoms with Crippen LogP contribution in [0.25, 0.3) is 10.2 Å². The van der Waals surface area contributed by atoms with Gasteiger partial charge in [0.05, 0.1) is 38.6 Å². The molecule has 1 aliphatic rings. The number of likely N-dealkylation sites (N-methyl/N-ethyl adjacent to an activating group) is 1. The van der Waals surface area contributed by atoms with Gasteiger partial charge in [-0.1, -0.05) is 0 Å². The number of nitrogens with one attached hydrogen (secondary N) is 2. The first-order valence-corrected chi connectivity index (χ1v) is 7.44. The first-order valence-electron chi connectivity index (χ1n) is 6.62. The minimum Gasteiger partial charge on any atom is -0.334 e. The standard InChI is InChI=1S/C13H18N4OS/c1-8-9(2)19-12-10(8)11(18)14-13(15-12)17-6-4-16(3)5-7-17/h4-7H2,1-3H3,(H,14,15,18)/p+1. The van der Waals surface area contributed by atoms with Crippen LogP contribution >= 0.6 is 11.3 Å². The minimum atomic E-state index is -0.00637.